The number of carbonyl (C=O) groups is 1. The molecule has 0 saturated carbocycles. The van der Waals surface area contributed by atoms with Gasteiger partial charge in [-0.2, -0.15) is 5.10 Å². The molecule has 1 unspecified atom stereocenters. The Bertz CT molecular complexity index is 1240. The smallest absolute Gasteiger partial charge is 0.280 e. The Morgan fingerprint density at radius 3 is 1.72 bits per heavy atom. The first-order chi connectivity index (χ1) is 17.7. The Hall–Kier alpha value is -4.58. The summed E-state index contributed by atoms with van der Waals surface area (Å²) >= 11 is 0. The van der Waals surface area contributed by atoms with Crippen molar-refractivity contribution in [2.45, 2.75) is 26.2 Å². The van der Waals surface area contributed by atoms with Gasteiger partial charge < -0.3 is 14.2 Å². The van der Waals surface area contributed by atoms with Crippen LogP contribution < -0.4 is 19.6 Å². The van der Waals surface area contributed by atoms with Crippen molar-refractivity contribution in [3.63, 3.8) is 0 Å². The molecule has 182 valence electrons. The van der Waals surface area contributed by atoms with Crippen molar-refractivity contribution in [3.8, 4) is 17.2 Å². The normalized spacial score (nSPS) is 11.6. The Morgan fingerprint density at radius 1 is 0.722 bits per heavy atom. The van der Waals surface area contributed by atoms with Gasteiger partial charge in [0.2, 0.25) is 0 Å². The molecule has 4 rings (SSSR count). The number of nitrogens with one attached hydrogen (secondary N) is 1. The minimum Gasteiger partial charge on any atom is -0.489 e. The molecule has 0 spiro atoms. The van der Waals surface area contributed by atoms with E-state index >= 15 is 0 Å². The van der Waals surface area contributed by atoms with Crippen LogP contribution in [-0.2, 0) is 18.0 Å². The van der Waals surface area contributed by atoms with Crippen molar-refractivity contribution < 1.29 is 19.0 Å². The van der Waals surface area contributed by atoms with E-state index in [4.69, 9.17) is 14.2 Å². The van der Waals surface area contributed by atoms with Crippen LogP contribution in [0.25, 0.3) is 0 Å². The number of amides is 1. The van der Waals surface area contributed by atoms with Crippen molar-refractivity contribution in [1.82, 2.24) is 5.43 Å². The lowest BCUT2D eigenvalue weighted by atomic mass is 10.2. The first kappa shape index (κ1) is 24.5. The number of rotatable bonds is 11. The summed E-state index contributed by atoms with van der Waals surface area (Å²) in [5, 5.41) is 4.03. The van der Waals surface area contributed by atoms with E-state index in [0.717, 1.165) is 28.2 Å². The van der Waals surface area contributed by atoms with Crippen LogP contribution in [0.15, 0.2) is 114 Å². The SMILES string of the molecule is CC(Oc1ccc(OCc2ccccc2)cc1)C(=O)N/N=C/c1ccc(OCc2ccccc2)cc1. The molecule has 0 aromatic heterocycles. The van der Waals surface area contributed by atoms with Crippen molar-refractivity contribution in [2.24, 2.45) is 5.10 Å². The second-order valence-corrected chi connectivity index (χ2v) is 8.08. The minimum absolute atomic E-state index is 0.349. The van der Waals surface area contributed by atoms with Gasteiger partial charge in [0.05, 0.1) is 6.21 Å². The molecule has 6 heteroatoms. The maximum Gasteiger partial charge on any atom is 0.280 e. The lowest BCUT2D eigenvalue weighted by Crippen LogP contribution is -2.33. The lowest BCUT2D eigenvalue weighted by Gasteiger charge is -2.13. The zero-order valence-electron chi connectivity index (χ0n) is 20.0. The van der Waals surface area contributed by atoms with Crippen LogP contribution in [0.4, 0.5) is 0 Å². The molecule has 1 N–H and O–H groups in total. The summed E-state index contributed by atoms with van der Waals surface area (Å²) in [5.41, 5.74) is 5.55. The van der Waals surface area contributed by atoms with Crippen LogP contribution >= 0.6 is 0 Å². The van der Waals surface area contributed by atoms with E-state index in [-0.39, 0.29) is 5.91 Å². The highest BCUT2D eigenvalue weighted by Crippen LogP contribution is 2.20. The standard InChI is InChI=1S/C30H28N2O4/c1-23(36-29-18-16-28(17-19-29)35-22-26-10-6-3-7-11-26)30(33)32-31-20-24-12-14-27(15-13-24)34-21-25-8-4-2-5-9-25/h2-20,23H,21-22H2,1H3,(H,32,33)/b31-20+. The molecule has 0 bridgehead atoms. The fourth-order valence-electron chi connectivity index (χ4n) is 3.27. The average Bonchev–Trinajstić information content (AvgIpc) is 2.93. The van der Waals surface area contributed by atoms with Crippen LogP contribution in [0.5, 0.6) is 17.2 Å². The highest BCUT2D eigenvalue weighted by molar-refractivity contribution is 5.84. The van der Waals surface area contributed by atoms with Crippen molar-refractivity contribution in [2.75, 3.05) is 0 Å². The number of benzene rings is 4. The highest BCUT2D eigenvalue weighted by atomic mass is 16.5. The van der Waals surface area contributed by atoms with Gasteiger partial charge in [0.1, 0.15) is 30.5 Å². The number of nitrogens with zero attached hydrogens (tertiary/aromatic N) is 1. The van der Waals surface area contributed by atoms with Gasteiger partial charge in [0.15, 0.2) is 6.10 Å². The van der Waals surface area contributed by atoms with E-state index in [9.17, 15) is 4.79 Å². The molecule has 36 heavy (non-hydrogen) atoms. The van der Waals surface area contributed by atoms with Crippen molar-refractivity contribution >= 4 is 12.1 Å². The van der Waals surface area contributed by atoms with E-state index in [2.05, 4.69) is 10.5 Å². The van der Waals surface area contributed by atoms with Gasteiger partial charge in [-0.25, -0.2) is 5.43 Å². The molecule has 4 aromatic carbocycles. The van der Waals surface area contributed by atoms with Crippen LogP contribution in [0.1, 0.15) is 23.6 Å². The maximum atomic E-state index is 12.3. The van der Waals surface area contributed by atoms with E-state index in [0.29, 0.717) is 19.0 Å². The molecule has 6 nitrogen and oxygen atoms in total. The van der Waals surface area contributed by atoms with Crippen LogP contribution in [0.3, 0.4) is 0 Å². The zero-order valence-corrected chi connectivity index (χ0v) is 20.0. The summed E-state index contributed by atoms with van der Waals surface area (Å²) in [5.74, 6) is 1.71. The molecule has 0 aliphatic carbocycles. The van der Waals surface area contributed by atoms with E-state index in [1.54, 1.807) is 25.3 Å². The van der Waals surface area contributed by atoms with Crippen LogP contribution in [-0.4, -0.2) is 18.2 Å². The lowest BCUT2D eigenvalue weighted by molar-refractivity contribution is -0.127. The van der Waals surface area contributed by atoms with Crippen molar-refractivity contribution in [1.29, 1.82) is 0 Å². The summed E-state index contributed by atoms with van der Waals surface area (Å²) in [6.07, 6.45) is 0.858. The molecule has 0 aliphatic rings. The van der Waals surface area contributed by atoms with Gasteiger partial charge in [-0.3, -0.25) is 4.79 Å². The Balaban J connectivity index is 1.19. The summed E-state index contributed by atoms with van der Waals surface area (Å²) in [7, 11) is 0. The summed E-state index contributed by atoms with van der Waals surface area (Å²) in [4.78, 5) is 12.3. The second-order valence-electron chi connectivity index (χ2n) is 8.08. The third kappa shape index (κ3) is 7.74. The molecule has 0 saturated heterocycles. The largest absolute Gasteiger partial charge is 0.489 e. The number of hydrazone groups is 1. The molecule has 0 radical (unpaired) electrons. The quantitative estimate of drug-likeness (QED) is 0.219. The fraction of sp³-hybridized carbons (Fsp3) is 0.133. The van der Waals surface area contributed by atoms with Gasteiger partial charge in [-0.05, 0) is 72.1 Å². The number of ether oxygens (including phenoxy) is 3. The summed E-state index contributed by atoms with van der Waals surface area (Å²) < 4.78 is 17.3. The molecule has 1 amide bonds. The number of hydrogen-bond acceptors (Lipinski definition) is 5. The monoisotopic (exact) mass is 480 g/mol. The highest BCUT2D eigenvalue weighted by Gasteiger charge is 2.14. The first-order valence-electron chi connectivity index (χ1n) is 11.7. The summed E-state index contributed by atoms with van der Waals surface area (Å²) in [6, 6.07) is 34.6. The molecule has 0 heterocycles. The van der Waals surface area contributed by atoms with Gasteiger partial charge in [0, 0.05) is 0 Å². The predicted octanol–water partition coefficient (Wildman–Crippen LogP) is 5.76. The maximum absolute atomic E-state index is 12.3. The molecular formula is C30H28N2O4. The van der Waals surface area contributed by atoms with Gasteiger partial charge in [-0.15, -0.1) is 0 Å². The third-order valence-corrected chi connectivity index (χ3v) is 5.27. The molecule has 0 fully saturated rings. The van der Waals surface area contributed by atoms with E-state index < -0.39 is 6.10 Å². The molecule has 1 atom stereocenters. The van der Waals surface area contributed by atoms with Crippen molar-refractivity contribution in [3.05, 3.63) is 126 Å². The number of hydrogen-bond donors (Lipinski definition) is 1. The van der Waals surface area contributed by atoms with Crippen LogP contribution in [0.2, 0.25) is 0 Å². The molecule has 0 aliphatic heterocycles. The first-order valence-corrected chi connectivity index (χ1v) is 11.7. The second kappa shape index (κ2) is 12.8. The Morgan fingerprint density at radius 2 is 1.19 bits per heavy atom. The van der Waals surface area contributed by atoms with Gasteiger partial charge >= 0.3 is 0 Å². The Labute approximate surface area is 211 Å². The molecular weight excluding hydrogens is 452 g/mol. The van der Waals surface area contributed by atoms with Gasteiger partial charge in [0.25, 0.3) is 5.91 Å². The third-order valence-electron chi connectivity index (χ3n) is 5.27. The average molecular weight is 481 g/mol. The van der Waals surface area contributed by atoms with E-state index in [1.165, 1.54) is 0 Å². The Kier molecular flexibility index (Phi) is 8.70. The minimum atomic E-state index is -0.716. The van der Waals surface area contributed by atoms with E-state index in [1.807, 2.05) is 97.1 Å². The fourth-order valence-corrected chi connectivity index (χ4v) is 3.27. The number of carbonyl (C=O) groups excluding carboxylic acids is 1. The summed E-state index contributed by atoms with van der Waals surface area (Å²) in [6.45, 7) is 2.66. The zero-order chi connectivity index (χ0) is 25.0. The molecule has 4 aromatic rings. The van der Waals surface area contributed by atoms with Crippen LogP contribution in [0, 0.1) is 0 Å². The van der Waals surface area contributed by atoms with Gasteiger partial charge in [-0.1, -0.05) is 60.7 Å². The topological polar surface area (TPSA) is 69.2 Å². The predicted molar refractivity (Wildman–Crippen MR) is 140 cm³/mol.